The largest absolute Gasteiger partial charge is 0.477 e. The Hall–Kier alpha value is -1.63. The number of nitrogens with zero attached hydrogens (tertiary/aromatic N) is 1. The summed E-state index contributed by atoms with van der Waals surface area (Å²) in [4.78, 5) is 24.2. The fourth-order valence-electron chi connectivity index (χ4n) is 2.05. The van der Waals surface area contributed by atoms with E-state index in [0.29, 0.717) is 25.4 Å². The van der Waals surface area contributed by atoms with Crippen molar-refractivity contribution < 1.29 is 9.90 Å². The summed E-state index contributed by atoms with van der Waals surface area (Å²) < 4.78 is 1.90. The maximum atomic E-state index is 12.2. The zero-order valence-electron chi connectivity index (χ0n) is 10.3. The molecule has 106 valence electrons. The van der Waals surface area contributed by atoms with Gasteiger partial charge in [-0.15, -0.1) is 11.3 Å². The number of rotatable bonds is 2. The van der Waals surface area contributed by atoms with Gasteiger partial charge < -0.3 is 5.11 Å². The van der Waals surface area contributed by atoms with Crippen LogP contribution in [0.4, 0.5) is 0 Å². The Morgan fingerprint density at radius 1 is 1.24 bits per heavy atom. The van der Waals surface area contributed by atoms with E-state index >= 15 is 0 Å². The van der Waals surface area contributed by atoms with Gasteiger partial charge in [-0.2, -0.15) is 0 Å². The van der Waals surface area contributed by atoms with Crippen molar-refractivity contribution in [3.8, 4) is 5.69 Å². The van der Waals surface area contributed by atoms with Gasteiger partial charge in [0, 0.05) is 11.5 Å². The maximum Gasteiger partial charge on any atom is 0.347 e. The van der Waals surface area contributed by atoms with Gasteiger partial charge in [0.05, 0.1) is 15.2 Å². The molecule has 2 heterocycles. The SMILES string of the molecule is O=C(O)c1sc2c(ccc(=O)n2-c2ccccc2Cl)c1Br. The Balaban J connectivity index is 2.45. The first-order valence-corrected chi connectivity index (χ1v) is 7.81. The molecule has 0 amide bonds. The molecular weight excluding hydrogens is 378 g/mol. The van der Waals surface area contributed by atoms with Crippen molar-refractivity contribution in [1.29, 1.82) is 0 Å². The normalized spacial score (nSPS) is 11.0. The first kappa shape index (κ1) is 14.3. The van der Waals surface area contributed by atoms with Crippen LogP contribution in [0.5, 0.6) is 0 Å². The molecule has 0 radical (unpaired) electrons. The second-order valence-corrected chi connectivity index (χ2v) is 6.43. The minimum atomic E-state index is -1.04. The quantitative estimate of drug-likeness (QED) is 0.721. The Morgan fingerprint density at radius 2 is 1.95 bits per heavy atom. The number of benzene rings is 1. The number of thiophene rings is 1. The molecule has 0 aliphatic rings. The van der Waals surface area contributed by atoms with Gasteiger partial charge >= 0.3 is 5.97 Å². The van der Waals surface area contributed by atoms with E-state index in [2.05, 4.69) is 15.9 Å². The summed E-state index contributed by atoms with van der Waals surface area (Å²) in [6.07, 6.45) is 0. The van der Waals surface area contributed by atoms with Gasteiger partial charge in [0.2, 0.25) is 0 Å². The smallest absolute Gasteiger partial charge is 0.347 e. The van der Waals surface area contributed by atoms with Crippen LogP contribution < -0.4 is 5.56 Å². The van der Waals surface area contributed by atoms with E-state index < -0.39 is 5.97 Å². The summed E-state index contributed by atoms with van der Waals surface area (Å²) >= 11 is 10.5. The average molecular weight is 385 g/mol. The highest BCUT2D eigenvalue weighted by atomic mass is 79.9. The predicted molar refractivity (Wildman–Crippen MR) is 87.1 cm³/mol. The molecule has 0 unspecified atom stereocenters. The molecule has 0 atom stereocenters. The lowest BCUT2D eigenvalue weighted by atomic mass is 10.2. The molecule has 1 aromatic carbocycles. The number of hydrogen-bond donors (Lipinski definition) is 1. The molecule has 0 bridgehead atoms. The topological polar surface area (TPSA) is 59.3 Å². The summed E-state index contributed by atoms with van der Waals surface area (Å²) in [5.41, 5.74) is 0.266. The van der Waals surface area contributed by atoms with Gasteiger partial charge in [0.15, 0.2) is 0 Å². The molecule has 0 aliphatic carbocycles. The van der Waals surface area contributed by atoms with Crippen LogP contribution in [0, 0.1) is 0 Å². The number of carbonyl (C=O) groups is 1. The lowest BCUT2D eigenvalue weighted by Crippen LogP contribution is -2.16. The molecule has 21 heavy (non-hydrogen) atoms. The lowest BCUT2D eigenvalue weighted by Gasteiger charge is -2.08. The third-order valence-electron chi connectivity index (χ3n) is 2.97. The minimum Gasteiger partial charge on any atom is -0.477 e. The van der Waals surface area contributed by atoms with Crippen molar-refractivity contribution in [2.75, 3.05) is 0 Å². The fraction of sp³-hybridized carbons (Fsp3) is 0. The van der Waals surface area contributed by atoms with Crippen LogP contribution >= 0.6 is 38.9 Å². The van der Waals surface area contributed by atoms with Gasteiger partial charge in [-0.25, -0.2) is 4.79 Å². The van der Waals surface area contributed by atoms with Gasteiger partial charge in [-0.1, -0.05) is 23.7 Å². The number of pyridine rings is 1. The molecule has 7 heteroatoms. The average Bonchev–Trinajstić information content (AvgIpc) is 2.78. The second kappa shape index (κ2) is 5.29. The zero-order valence-corrected chi connectivity index (χ0v) is 13.5. The third kappa shape index (κ3) is 2.29. The highest BCUT2D eigenvalue weighted by molar-refractivity contribution is 9.10. The summed E-state index contributed by atoms with van der Waals surface area (Å²) in [6, 6.07) is 9.95. The van der Waals surface area contributed by atoms with E-state index in [1.807, 2.05) is 0 Å². The number of aromatic nitrogens is 1. The number of fused-ring (bicyclic) bond motifs is 1. The summed E-state index contributed by atoms with van der Waals surface area (Å²) in [5.74, 6) is -1.04. The second-order valence-electron chi connectivity index (χ2n) is 4.23. The number of halogens is 2. The monoisotopic (exact) mass is 383 g/mol. The highest BCUT2D eigenvalue weighted by Gasteiger charge is 2.19. The first-order chi connectivity index (χ1) is 10.0. The van der Waals surface area contributed by atoms with Crippen LogP contribution in [0.15, 0.2) is 45.7 Å². The number of carboxylic acids is 1. The summed E-state index contributed by atoms with van der Waals surface area (Å²) in [6.45, 7) is 0. The lowest BCUT2D eigenvalue weighted by molar-refractivity contribution is 0.0701. The molecule has 0 saturated heterocycles. The minimum absolute atomic E-state index is 0.149. The van der Waals surface area contributed by atoms with Crippen molar-refractivity contribution in [2.45, 2.75) is 0 Å². The van der Waals surface area contributed by atoms with E-state index in [1.165, 1.54) is 10.6 Å². The van der Waals surface area contributed by atoms with E-state index in [9.17, 15) is 14.7 Å². The van der Waals surface area contributed by atoms with Gasteiger partial charge in [-0.05, 0) is 34.1 Å². The predicted octanol–water partition coefficient (Wildman–Crippen LogP) is 4.17. The van der Waals surface area contributed by atoms with Crippen LogP contribution in [0.1, 0.15) is 9.67 Å². The van der Waals surface area contributed by atoms with Crippen LogP contribution in [-0.2, 0) is 0 Å². The van der Waals surface area contributed by atoms with Crippen LogP contribution in [-0.4, -0.2) is 15.6 Å². The van der Waals surface area contributed by atoms with Crippen LogP contribution in [0.3, 0.4) is 0 Å². The Bertz CT molecular complexity index is 932. The standard InChI is InChI=1S/C14H7BrClNO3S/c15-11-7-5-6-10(18)17(9-4-2-1-3-8(9)16)13(7)21-12(11)14(19)20/h1-6H,(H,19,20). The number of hydrogen-bond acceptors (Lipinski definition) is 3. The molecule has 0 aliphatic heterocycles. The highest BCUT2D eigenvalue weighted by Crippen LogP contribution is 2.36. The van der Waals surface area contributed by atoms with Gasteiger partial charge in [0.1, 0.15) is 9.71 Å². The van der Waals surface area contributed by atoms with E-state index in [1.54, 1.807) is 30.3 Å². The Kier molecular flexibility index (Phi) is 3.61. The number of carboxylic acid groups (broad SMARTS) is 1. The van der Waals surface area contributed by atoms with Crippen molar-refractivity contribution >= 4 is 55.1 Å². The molecular formula is C14H7BrClNO3S. The molecule has 0 spiro atoms. The number of para-hydroxylation sites is 1. The van der Waals surface area contributed by atoms with Crippen LogP contribution in [0.2, 0.25) is 5.02 Å². The van der Waals surface area contributed by atoms with E-state index in [0.717, 1.165) is 11.3 Å². The maximum absolute atomic E-state index is 12.2. The molecule has 3 aromatic rings. The fourth-order valence-corrected chi connectivity index (χ4v) is 4.17. The number of aromatic carboxylic acids is 1. The van der Waals surface area contributed by atoms with Crippen LogP contribution in [0.25, 0.3) is 15.9 Å². The van der Waals surface area contributed by atoms with E-state index in [-0.39, 0.29) is 10.4 Å². The van der Waals surface area contributed by atoms with Crippen molar-refractivity contribution in [1.82, 2.24) is 4.57 Å². The molecule has 3 rings (SSSR count). The third-order valence-corrected chi connectivity index (χ3v) is 5.55. The summed E-state index contributed by atoms with van der Waals surface area (Å²) in [7, 11) is 0. The molecule has 1 N–H and O–H groups in total. The molecule has 0 fully saturated rings. The van der Waals surface area contributed by atoms with Crippen molar-refractivity contribution in [3.05, 3.63) is 61.1 Å². The Labute approximate surface area is 136 Å². The molecule has 2 aromatic heterocycles. The van der Waals surface area contributed by atoms with Crippen molar-refractivity contribution in [2.24, 2.45) is 0 Å². The van der Waals surface area contributed by atoms with Crippen molar-refractivity contribution in [3.63, 3.8) is 0 Å². The first-order valence-electron chi connectivity index (χ1n) is 5.83. The van der Waals surface area contributed by atoms with E-state index in [4.69, 9.17) is 11.6 Å². The molecule has 4 nitrogen and oxygen atoms in total. The van der Waals surface area contributed by atoms with Gasteiger partial charge in [0.25, 0.3) is 5.56 Å². The zero-order chi connectivity index (χ0) is 15.1. The summed E-state index contributed by atoms with van der Waals surface area (Å²) in [5, 5.41) is 10.3. The van der Waals surface area contributed by atoms with Gasteiger partial charge in [-0.3, -0.25) is 9.36 Å². The molecule has 0 saturated carbocycles. The Morgan fingerprint density at radius 3 is 2.62 bits per heavy atom.